The van der Waals surface area contributed by atoms with Crippen molar-refractivity contribution in [1.29, 1.82) is 0 Å². The van der Waals surface area contributed by atoms with Gasteiger partial charge in [-0.05, 0) is 56.3 Å². The lowest BCUT2D eigenvalue weighted by Gasteiger charge is -2.24. The van der Waals surface area contributed by atoms with Crippen LogP contribution in [0.25, 0.3) is 0 Å². The maximum Gasteiger partial charge on any atom is 0.238 e. The van der Waals surface area contributed by atoms with E-state index in [0.29, 0.717) is 24.5 Å². The Balaban J connectivity index is 2.20. The summed E-state index contributed by atoms with van der Waals surface area (Å²) < 4.78 is 36.2. The number of nitrogens with zero attached hydrogens (tertiary/aromatic N) is 1. The molecule has 0 aliphatic carbocycles. The van der Waals surface area contributed by atoms with E-state index in [9.17, 15) is 17.6 Å². The average molecular weight is 412 g/mol. The maximum atomic E-state index is 12.9. The Labute approximate surface area is 163 Å². The van der Waals surface area contributed by atoms with Gasteiger partial charge in [0.1, 0.15) is 5.82 Å². The third-order valence-corrected chi connectivity index (χ3v) is 5.78. The lowest BCUT2D eigenvalue weighted by molar-refractivity contribution is -0.113. The van der Waals surface area contributed by atoms with Gasteiger partial charge in [-0.15, -0.1) is 11.8 Å². The monoisotopic (exact) mass is 411 g/mol. The molecule has 0 aromatic heterocycles. The molecule has 0 saturated carbocycles. The van der Waals surface area contributed by atoms with Crippen LogP contribution in [0.4, 0.5) is 15.8 Å². The van der Waals surface area contributed by atoms with Crippen LogP contribution in [0, 0.1) is 5.82 Å². The molecule has 146 valence electrons. The Morgan fingerprint density at radius 1 is 1.15 bits per heavy atom. The SMILES string of the molecule is CCN(CC)c1ccc(S(N)(=O)=O)cc1NC(=O)CSc1ccc(F)cc1. The topological polar surface area (TPSA) is 92.5 Å². The molecule has 27 heavy (non-hydrogen) atoms. The number of carbonyl (C=O) groups excluding carboxylic acids is 1. The van der Waals surface area contributed by atoms with Crippen LogP contribution >= 0.6 is 11.8 Å². The predicted octanol–water partition coefficient (Wildman–Crippen LogP) is 3.05. The molecule has 0 fully saturated rings. The van der Waals surface area contributed by atoms with E-state index in [1.54, 1.807) is 18.2 Å². The number of anilines is 2. The second-order valence-electron chi connectivity index (χ2n) is 5.69. The van der Waals surface area contributed by atoms with Crippen molar-refractivity contribution >= 4 is 39.1 Å². The molecule has 2 aromatic rings. The van der Waals surface area contributed by atoms with E-state index in [1.807, 2.05) is 18.7 Å². The molecule has 3 N–H and O–H groups in total. The molecular weight excluding hydrogens is 389 g/mol. The molecule has 0 aliphatic heterocycles. The number of hydrogen-bond donors (Lipinski definition) is 2. The van der Waals surface area contributed by atoms with Crippen LogP contribution in [0.15, 0.2) is 52.3 Å². The lowest BCUT2D eigenvalue weighted by Crippen LogP contribution is -2.25. The number of amides is 1. The number of carbonyl (C=O) groups is 1. The van der Waals surface area contributed by atoms with Gasteiger partial charge in [-0.3, -0.25) is 4.79 Å². The molecule has 0 unspecified atom stereocenters. The first-order valence-corrected chi connectivity index (χ1v) is 10.9. The summed E-state index contributed by atoms with van der Waals surface area (Å²) in [4.78, 5) is 15.0. The van der Waals surface area contributed by atoms with Gasteiger partial charge in [0.05, 0.1) is 22.0 Å². The summed E-state index contributed by atoms with van der Waals surface area (Å²) in [6, 6.07) is 10.3. The zero-order chi connectivity index (χ0) is 20.0. The van der Waals surface area contributed by atoms with Crippen molar-refractivity contribution in [1.82, 2.24) is 0 Å². The van der Waals surface area contributed by atoms with Gasteiger partial charge in [0.15, 0.2) is 0 Å². The first kappa shape index (κ1) is 21.2. The van der Waals surface area contributed by atoms with Gasteiger partial charge >= 0.3 is 0 Å². The summed E-state index contributed by atoms with van der Waals surface area (Å²) in [5.74, 6) is -0.542. The second-order valence-corrected chi connectivity index (χ2v) is 8.30. The van der Waals surface area contributed by atoms with Crippen molar-refractivity contribution in [3.05, 3.63) is 48.3 Å². The number of halogens is 1. The molecule has 0 aliphatic rings. The summed E-state index contributed by atoms with van der Waals surface area (Å²) in [5.41, 5.74) is 1.10. The molecule has 0 atom stereocenters. The molecule has 2 rings (SSSR count). The van der Waals surface area contributed by atoms with Gasteiger partial charge in [0.2, 0.25) is 15.9 Å². The zero-order valence-electron chi connectivity index (χ0n) is 15.1. The van der Waals surface area contributed by atoms with Crippen molar-refractivity contribution in [3.8, 4) is 0 Å². The molecule has 2 aromatic carbocycles. The summed E-state index contributed by atoms with van der Waals surface area (Å²) in [6.45, 7) is 5.32. The standard InChI is InChI=1S/C18H22FN3O3S2/c1-3-22(4-2)17-10-9-15(27(20,24)25)11-16(17)21-18(23)12-26-14-7-5-13(19)6-8-14/h5-11H,3-4,12H2,1-2H3,(H,21,23)(H2,20,24,25). The fraction of sp³-hybridized carbons (Fsp3) is 0.278. The number of nitrogens with one attached hydrogen (secondary N) is 1. The van der Waals surface area contributed by atoms with Crippen LogP contribution < -0.4 is 15.4 Å². The fourth-order valence-electron chi connectivity index (χ4n) is 2.50. The maximum absolute atomic E-state index is 12.9. The number of hydrogen-bond acceptors (Lipinski definition) is 5. The number of sulfonamides is 1. The number of rotatable bonds is 8. The first-order chi connectivity index (χ1) is 12.7. The predicted molar refractivity (Wildman–Crippen MR) is 107 cm³/mol. The molecule has 0 spiro atoms. The molecule has 0 bridgehead atoms. The van der Waals surface area contributed by atoms with Crippen molar-refractivity contribution in [2.45, 2.75) is 23.6 Å². The second kappa shape index (κ2) is 9.20. The van der Waals surface area contributed by atoms with Crippen LogP contribution in [0.5, 0.6) is 0 Å². The van der Waals surface area contributed by atoms with Crippen LogP contribution in [0.3, 0.4) is 0 Å². The third-order valence-electron chi connectivity index (χ3n) is 3.86. The van der Waals surface area contributed by atoms with E-state index in [4.69, 9.17) is 5.14 Å². The zero-order valence-corrected chi connectivity index (χ0v) is 16.7. The Morgan fingerprint density at radius 3 is 2.33 bits per heavy atom. The van der Waals surface area contributed by atoms with E-state index in [-0.39, 0.29) is 22.4 Å². The minimum Gasteiger partial charge on any atom is -0.370 e. The highest BCUT2D eigenvalue weighted by Gasteiger charge is 2.16. The highest BCUT2D eigenvalue weighted by atomic mass is 32.2. The summed E-state index contributed by atoms with van der Waals surface area (Å²) >= 11 is 1.26. The first-order valence-electron chi connectivity index (χ1n) is 8.34. The fourth-order valence-corrected chi connectivity index (χ4v) is 3.74. The van der Waals surface area contributed by atoms with Gasteiger partial charge in [-0.1, -0.05) is 0 Å². The van der Waals surface area contributed by atoms with Gasteiger partial charge in [-0.25, -0.2) is 17.9 Å². The van der Waals surface area contributed by atoms with Gasteiger partial charge in [0, 0.05) is 18.0 Å². The number of benzene rings is 2. The van der Waals surface area contributed by atoms with E-state index in [2.05, 4.69) is 5.32 Å². The van der Waals surface area contributed by atoms with E-state index in [1.165, 1.54) is 36.0 Å². The Kier molecular flexibility index (Phi) is 7.23. The highest BCUT2D eigenvalue weighted by Crippen LogP contribution is 2.29. The average Bonchev–Trinajstić information content (AvgIpc) is 2.62. The van der Waals surface area contributed by atoms with Gasteiger partial charge < -0.3 is 10.2 Å². The quantitative estimate of drug-likeness (QED) is 0.652. The number of primary sulfonamides is 1. The largest absolute Gasteiger partial charge is 0.370 e. The number of nitrogens with two attached hydrogens (primary N) is 1. The Hall–Kier alpha value is -2.10. The number of thioether (sulfide) groups is 1. The van der Waals surface area contributed by atoms with Crippen LogP contribution in [-0.2, 0) is 14.8 Å². The Morgan fingerprint density at radius 2 is 1.78 bits per heavy atom. The summed E-state index contributed by atoms with van der Waals surface area (Å²) in [5, 5.41) is 7.96. The molecule has 0 radical (unpaired) electrons. The smallest absolute Gasteiger partial charge is 0.238 e. The van der Waals surface area contributed by atoms with Crippen molar-refractivity contribution < 1.29 is 17.6 Å². The third kappa shape index (κ3) is 5.95. The van der Waals surface area contributed by atoms with E-state index < -0.39 is 10.0 Å². The summed E-state index contributed by atoms with van der Waals surface area (Å²) in [6.07, 6.45) is 0. The lowest BCUT2D eigenvalue weighted by atomic mass is 10.2. The Bertz CT molecular complexity index is 899. The molecule has 0 heterocycles. The van der Waals surface area contributed by atoms with Crippen LogP contribution in [0.1, 0.15) is 13.8 Å². The molecule has 0 saturated heterocycles. The minimum atomic E-state index is -3.89. The van der Waals surface area contributed by atoms with Crippen LogP contribution in [0.2, 0.25) is 0 Å². The van der Waals surface area contributed by atoms with Crippen molar-refractivity contribution in [3.63, 3.8) is 0 Å². The molecule has 1 amide bonds. The molecule has 9 heteroatoms. The summed E-state index contributed by atoms with van der Waals surface area (Å²) in [7, 11) is -3.89. The van der Waals surface area contributed by atoms with Crippen molar-refractivity contribution in [2.24, 2.45) is 5.14 Å². The minimum absolute atomic E-state index is 0.0695. The van der Waals surface area contributed by atoms with Crippen LogP contribution in [-0.4, -0.2) is 33.2 Å². The molecule has 6 nitrogen and oxygen atoms in total. The van der Waals surface area contributed by atoms with E-state index in [0.717, 1.165) is 4.90 Å². The highest BCUT2D eigenvalue weighted by molar-refractivity contribution is 8.00. The van der Waals surface area contributed by atoms with E-state index >= 15 is 0 Å². The van der Waals surface area contributed by atoms with Crippen molar-refractivity contribution in [2.75, 3.05) is 29.1 Å². The normalized spacial score (nSPS) is 11.3. The molecular formula is C18H22FN3O3S2. The van der Waals surface area contributed by atoms with Gasteiger partial charge in [-0.2, -0.15) is 0 Å². The van der Waals surface area contributed by atoms with Gasteiger partial charge in [0.25, 0.3) is 0 Å².